The van der Waals surface area contributed by atoms with E-state index in [4.69, 9.17) is 5.73 Å². The van der Waals surface area contributed by atoms with Crippen molar-refractivity contribution >= 4 is 22.6 Å². The monoisotopic (exact) mass is 433 g/mol. The molecule has 162 valence electrons. The summed E-state index contributed by atoms with van der Waals surface area (Å²) in [4.78, 5) is 25.8. The molecule has 0 unspecified atom stereocenters. The van der Waals surface area contributed by atoms with Crippen LogP contribution < -0.4 is 16.1 Å². The molecule has 1 aromatic heterocycles. The van der Waals surface area contributed by atoms with Crippen LogP contribution in [-0.4, -0.2) is 46.0 Å². The summed E-state index contributed by atoms with van der Waals surface area (Å²) in [5.74, 6) is -4.22. The fourth-order valence-electron chi connectivity index (χ4n) is 4.00. The summed E-state index contributed by atoms with van der Waals surface area (Å²) in [6.07, 6.45) is 1.34. The Morgan fingerprint density at radius 3 is 2.48 bits per heavy atom. The number of pyridine rings is 1. The minimum absolute atomic E-state index is 0.0223. The maximum absolute atomic E-state index is 15.0. The van der Waals surface area contributed by atoms with Gasteiger partial charge in [-0.2, -0.15) is 0 Å². The highest BCUT2D eigenvalue weighted by Gasteiger charge is 2.32. The van der Waals surface area contributed by atoms with Crippen LogP contribution in [0.25, 0.3) is 16.6 Å². The maximum atomic E-state index is 15.0. The molecular weight excluding hydrogens is 415 g/mol. The minimum atomic E-state index is -1.57. The molecular formula is C21H18F3N3O4. The van der Waals surface area contributed by atoms with Gasteiger partial charge in [-0.25, -0.2) is 18.0 Å². The summed E-state index contributed by atoms with van der Waals surface area (Å²) in [5.41, 5.74) is 4.14. The second-order valence-corrected chi connectivity index (χ2v) is 7.45. The van der Waals surface area contributed by atoms with E-state index in [-0.39, 0.29) is 41.5 Å². The minimum Gasteiger partial charge on any atom is -0.477 e. The maximum Gasteiger partial charge on any atom is 0.341 e. The van der Waals surface area contributed by atoms with Crippen molar-refractivity contribution in [2.75, 3.05) is 18.1 Å². The third kappa shape index (κ3) is 3.53. The van der Waals surface area contributed by atoms with E-state index in [1.165, 1.54) is 6.07 Å². The third-order valence-electron chi connectivity index (χ3n) is 5.44. The molecule has 0 amide bonds. The molecule has 4 rings (SSSR count). The van der Waals surface area contributed by atoms with Crippen LogP contribution in [0, 0.1) is 17.5 Å². The number of anilines is 1. The normalized spacial score (nSPS) is 18.7. The largest absolute Gasteiger partial charge is 0.477 e. The van der Waals surface area contributed by atoms with Gasteiger partial charge in [-0.15, -0.1) is 0 Å². The molecule has 0 aliphatic carbocycles. The molecule has 10 heteroatoms. The molecule has 3 aromatic rings. The van der Waals surface area contributed by atoms with Gasteiger partial charge in [0.1, 0.15) is 23.0 Å². The zero-order valence-corrected chi connectivity index (χ0v) is 16.1. The number of hydrogen-bond donors (Lipinski definition) is 3. The Labute approximate surface area is 173 Å². The summed E-state index contributed by atoms with van der Waals surface area (Å²) in [6.45, 7) is -0.0292. The predicted molar refractivity (Wildman–Crippen MR) is 107 cm³/mol. The molecule has 4 N–H and O–H groups in total. The van der Waals surface area contributed by atoms with E-state index < -0.39 is 40.5 Å². The molecule has 1 aliphatic heterocycles. The van der Waals surface area contributed by atoms with Gasteiger partial charge in [-0.05, 0) is 30.7 Å². The fourth-order valence-corrected chi connectivity index (χ4v) is 4.00. The Kier molecular flexibility index (Phi) is 5.19. The SMILES string of the molecule is N[C@H]1C[C@H](CO)N(c2cc3c(cc2F)c(=O)c(C(=O)O)cn3-c2ccc(F)cc2F)C1. The lowest BCUT2D eigenvalue weighted by Crippen LogP contribution is -2.33. The number of aliphatic hydroxyl groups is 1. The molecule has 2 aromatic carbocycles. The van der Waals surface area contributed by atoms with Crippen LogP contribution in [0.4, 0.5) is 18.9 Å². The highest BCUT2D eigenvalue weighted by atomic mass is 19.1. The number of benzene rings is 2. The number of aromatic nitrogens is 1. The van der Waals surface area contributed by atoms with Crippen molar-refractivity contribution in [1.82, 2.24) is 4.57 Å². The van der Waals surface area contributed by atoms with Crippen molar-refractivity contribution < 1.29 is 28.2 Å². The van der Waals surface area contributed by atoms with Gasteiger partial charge in [0.25, 0.3) is 0 Å². The topological polar surface area (TPSA) is 109 Å². The van der Waals surface area contributed by atoms with Crippen LogP contribution in [0.2, 0.25) is 0 Å². The van der Waals surface area contributed by atoms with Crippen molar-refractivity contribution in [3.8, 4) is 5.69 Å². The van der Waals surface area contributed by atoms with E-state index in [0.29, 0.717) is 12.5 Å². The average molecular weight is 433 g/mol. The number of rotatable bonds is 4. The zero-order valence-electron chi connectivity index (χ0n) is 16.1. The molecule has 1 fully saturated rings. The fraction of sp³-hybridized carbons (Fsp3) is 0.238. The molecule has 0 radical (unpaired) electrons. The number of nitrogens with zero attached hydrogens (tertiary/aromatic N) is 2. The Hall–Kier alpha value is -3.37. The van der Waals surface area contributed by atoms with Crippen molar-refractivity contribution in [2.45, 2.75) is 18.5 Å². The Balaban J connectivity index is 2.04. The van der Waals surface area contributed by atoms with E-state index in [1.54, 1.807) is 4.90 Å². The van der Waals surface area contributed by atoms with Crippen LogP contribution in [-0.2, 0) is 0 Å². The van der Waals surface area contributed by atoms with Crippen LogP contribution in [0.15, 0.2) is 41.3 Å². The van der Waals surface area contributed by atoms with Crippen molar-refractivity contribution in [2.24, 2.45) is 5.73 Å². The number of halogens is 3. The molecule has 0 saturated carbocycles. The first-order valence-electron chi connectivity index (χ1n) is 9.42. The van der Waals surface area contributed by atoms with Crippen molar-refractivity contribution in [1.29, 1.82) is 0 Å². The number of fused-ring (bicyclic) bond motifs is 1. The predicted octanol–water partition coefficient (Wildman–Crippen LogP) is 2.00. The van der Waals surface area contributed by atoms with Gasteiger partial charge in [0, 0.05) is 30.2 Å². The van der Waals surface area contributed by atoms with Crippen LogP contribution in [0.1, 0.15) is 16.8 Å². The molecule has 2 atom stereocenters. The van der Waals surface area contributed by atoms with E-state index in [1.807, 2.05) is 0 Å². The van der Waals surface area contributed by atoms with E-state index in [9.17, 15) is 28.6 Å². The number of hydrogen-bond acceptors (Lipinski definition) is 5. The van der Waals surface area contributed by atoms with Crippen molar-refractivity contribution in [3.63, 3.8) is 0 Å². The zero-order chi connectivity index (χ0) is 22.4. The molecule has 2 heterocycles. The molecule has 31 heavy (non-hydrogen) atoms. The summed E-state index contributed by atoms with van der Waals surface area (Å²) in [5, 5.41) is 18.7. The lowest BCUT2D eigenvalue weighted by Gasteiger charge is -2.26. The number of nitrogens with two attached hydrogens (primary N) is 1. The lowest BCUT2D eigenvalue weighted by atomic mass is 10.1. The number of carbonyl (C=O) groups is 1. The quantitative estimate of drug-likeness (QED) is 0.581. The summed E-state index contributed by atoms with van der Waals surface area (Å²) >= 11 is 0. The molecule has 7 nitrogen and oxygen atoms in total. The van der Waals surface area contributed by atoms with Gasteiger partial charge in [-0.3, -0.25) is 4.79 Å². The standard InChI is InChI=1S/C21H18F3N3O4/c22-10-1-2-17(15(23)3-10)27-8-14(21(30)31)20(29)13-5-16(24)19(6-18(13)27)26-7-11(25)4-12(26)9-28/h1-3,5-6,8,11-12,28H,4,7,9,25H2,(H,30,31)/t11-,12+/m0/s1. The van der Waals surface area contributed by atoms with Gasteiger partial charge in [0.2, 0.25) is 5.43 Å². The highest BCUT2D eigenvalue weighted by Crippen LogP contribution is 2.32. The number of carboxylic acid groups (broad SMARTS) is 1. The number of aromatic carboxylic acids is 1. The van der Waals surface area contributed by atoms with Gasteiger partial charge < -0.3 is 25.4 Å². The summed E-state index contributed by atoms with van der Waals surface area (Å²) in [6, 6.07) is 4.09. The van der Waals surface area contributed by atoms with E-state index in [0.717, 1.165) is 29.0 Å². The summed E-state index contributed by atoms with van der Waals surface area (Å²) in [7, 11) is 0. The van der Waals surface area contributed by atoms with Gasteiger partial charge in [0.15, 0.2) is 0 Å². The molecule has 1 saturated heterocycles. The Bertz CT molecular complexity index is 1260. The number of carboxylic acids is 1. The van der Waals surface area contributed by atoms with Gasteiger partial charge >= 0.3 is 5.97 Å². The smallest absolute Gasteiger partial charge is 0.341 e. The Morgan fingerprint density at radius 2 is 1.84 bits per heavy atom. The van der Waals surface area contributed by atoms with Gasteiger partial charge in [0.05, 0.1) is 29.5 Å². The molecule has 0 bridgehead atoms. The van der Waals surface area contributed by atoms with E-state index in [2.05, 4.69) is 0 Å². The van der Waals surface area contributed by atoms with Crippen LogP contribution in [0.5, 0.6) is 0 Å². The molecule has 1 aliphatic rings. The van der Waals surface area contributed by atoms with Crippen molar-refractivity contribution in [3.05, 3.63) is 69.8 Å². The molecule has 0 spiro atoms. The first kappa shape index (κ1) is 20.9. The van der Waals surface area contributed by atoms with Crippen LogP contribution in [0.3, 0.4) is 0 Å². The van der Waals surface area contributed by atoms with Crippen LogP contribution >= 0.6 is 0 Å². The first-order chi connectivity index (χ1) is 14.7. The summed E-state index contributed by atoms with van der Waals surface area (Å²) < 4.78 is 44.0. The van der Waals surface area contributed by atoms with E-state index >= 15 is 4.39 Å². The third-order valence-corrected chi connectivity index (χ3v) is 5.44. The average Bonchev–Trinajstić information content (AvgIpc) is 3.09. The second kappa shape index (κ2) is 7.71. The Morgan fingerprint density at radius 1 is 1.13 bits per heavy atom. The lowest BCUT2D eigenvalue weighted by molar-refractivity contribution is 0.0695. The number of aliphatic hydroxyl groups excluding tert-OH is 1. The highest BCUT2D eigenvalue weighted by molar-refractivity contribution is 5.94. The first-order valence-corrected chi connectivity index (χ1v) is 9.42. The van der Waals surface area contributed by atoms with Gasteiger partial charge in [-0.1, -0.05) is 0 Å². The second-order valence-electron chi connectivity index (χ2n) is 7.45.